The molecule has 3 rings (SSSR count). The zero-order chi connectivity index (χ0) is 19.4. The summed E-state index contributed by atoms with van der Waals surface area (Å²) in [6.45, 7) is 6.37. The second-order valence-corrected chi connectivity index (χ2v) is 7.48. The lowest BCUT2D eigenvalue weighted by Gasteiger charge is -2.33. The van der Waals surface area contributed by atoms with Gasteiger partial charge >= 0.3 is 6.09 Å². The van der Waals surface area contributed by atoms with E-state index < -0.39 is 11.7 Å². The van der Waals surface area contributed by atoms with Gasteiger partial charge in [0.15, 0.2) is 5.82 Å². The van der Waals surface area contributed by atoms with Crippen molar-refractivity contribution in [2.24, 2.45) is 5.92 Å². The molecular formula is C18H24N6O3. The van der Waals surface area contributed by atoms with Crippen molar-refractivity contribution in [2.75, 3.05) is 18.4 Å². The van der Waals surface area contributed by atoms with Crippen molar-refractivity contribution in [1.82, 2.24) is 25.1 Å². The number of anilines is 1. The smallest absolute Gasteiger partial charge is 0.410 e. The van der Waals surface area contributed by atoms with Gasteiger partial charge in [-0.25, -0.2) is 4.79 Å². The van der Waals surface area contributed by atoms with E-state index in [1.165, 1.54) is 0 Å². The summed E-state index contributed by atoms with van der Waals surface area (Å²) in [5, 5.41) is 9.49. The zero-order valence-corrected chi connectivity index (χ0v) is 15.7. The maximum Gasteiger partial charge on any atom is 0.410 e. The molecule has 0 saturated carbocycles. The first-order chi connectivity index (χ1) is 12.8. The van der Waals surface area contributed by atoms with Crippen LogP contribution in [-0.2, 0) is 9.53 Å². The van der Waals surface area contributed by atoms with Gasteiger partial charge in [0.1, 0.15) is 11.3 Å². The molecule has 1 atom stereocenters. The highest BCUT2D eigenvalue weighted by Crippen LogP contribution is 2.21. The number of nitrogens with one attached hydrogen (secondary N) is 2. The van der Waals surface area contributed by atoms with Gasteiger partial charge in [-0.1, -0.05) is 6.07 Å². The fraction of sp³-hybridized carbons (Fsp3) is 0.500. The number of hydrogen-bond donors (Lipinski definition) is 2. The minimum atomic E-state index is -0.562. The van der Waals surface area contributed by atoms with Gasteiger partial charge in [0.05, 0.1) is 5.92 Å². The van der Waals surface area contributed by atoms with E-state index in [0.29, 0.717) is 31.0 Å². The topological polar surface area (TPSA) is 113 Å². The number of carbonyl (C=O) groups is 2. The second-order valence-electron chi connectivity index (χ2n) is 7.48. The largest absolute Gasteiger partial charge is 0.444 e. The third-order valence-electron chi connectivity index (χ3n) is 4.07. The Labute approximate surface area is 157 Å². The molecule has 0 spiro atoms. The molecule has 9 heteroatoms. The van der Waals surface area contributed by atoms with E-state index >= 15 is 0 Å². The van der Waals surface area contributed by atoms with Gasteiger partial charge in [0.2, 0.25) is 11.9 Å². The van der Waals surface area contributed by atoms with Crippen molar-refractivity contribution in [3.8, 4) is 11.5 Å². The van der Waals surface area contributed by atoms with E-state index in [9.17, 15) is 9.59 Å². The molecule has 3 heterocycles. The number of nitrogens with zero attached hydrogens (tertiary/aromatic N) is 4. The maximum absolute atomic E-state index is 12.6. The Kier molecular flexibility index (Phi) is 5.38. The van der Waals surface area contributed by atoms with E-state index in [1.807, 2.05) is 32.9 Å². The van der Waals surface area contributed by atoms with Crippen LogP contribution in [-0.4, -0.2) is 55.8 Å². The van der Waals surface area contributed by atoms with Crippen LogP contribution in [0, 0.1) is 5.92 Å². The van der Waals surface area contributed by atoms with Crippen molar-refractivity contribution >= 4 is 17.9 Å². The SMILES string of the molecule is CC(C)(C)OC(=O)N1CCC[C@@H](C(=O)Nc2n[nH]c(-c3ccccn3)n2)C1. The Bertz CT molecular complexity index is 799. The monoisotopic (exact) mass is 372 g/mol. The number of amides is 2. The molecule has 0 bridgehead atoms. The molecule has 27 heavy (non-hydrogen) atoms. The number of likely N-dealkylation sites (tertiary alicyclic amines) is 1. The molecule has 2 aromatic heterocycles. The number of rotatable bonds is 3. The highest BCUT2D eigenvalue weighted by molar-refractivity contribution is 5.91. The van der Waals surface area contributed by atoms with E-state index in [-0.39, 0.29) is 17.8 Å². The minimum absolute atomic E-state index is 0.190. The number of H-pyrrole nitrogens is 1. The lowest BCUT2D eigenvalue weighted by atomic mass is 9.97. The van der Waals surface area contributed by atoms with Crippen molar-refractivity contribution < 1.29 is 14.3 Å². The van der Waals surface area contributed by atoms with E-state index in [4.69, 9.17) is 4.74 Å². The molecule has 0 aromatic carbocycles. The number of piperidine rings is 1. The lowest BCUT2D eigenvalue weighted by Crippen LogP contribution is -2.45. The molecule has 0 unspecified atom stereocenters. The van der Waals surface area contributed by atoms with E-state index in [1.54, 1.807) is 17.2 Å². The van der Waals surface area contributed by atoms with Gasteiger partial charge in [-0.2, -0.15) is 4.98 Å². The first kappa shape index (κ1) is 18.8. The molecule has 144 valence electrons. The van der Waals surface area contributed by atoms with Gasteiger partial charge in [-0.05, 0) is 45.7 Å². The molecule has 9 nitrogen and oxygen atoms in total. The van der Waals surface area contributed by atoms with Crippen LogP contribution in [0.1, 0.15) is 33.6 Å². The Morgan fingerprint density at radius 2 is 2.15 bits per heavy atom. The van der Waals surface area contributed by atoms with Gasteiger partial charge in [0, 0.05) is 19.3 Å². The number of aromatic nitrogens is 4. The predicted molar refractivity (Wildman–Crippen MR) is 98.8 cm³/mol. The van der Waals surface area contributed by atoms with Crippen LogP contribution in [0.25, 0.3) is 11.5 Å². The molecule has 2 N–H and O–H groups in total. The fourth-order valence-corrected chi connectivity index (χ4v) is 2.83. The predicted octanol–water partition coefficient (Wildman–Crippen LogP) is 2.45. The molecule has 2 aromatic rings. The standard InChI is InChI=1S/C18H24N6O3/c1-18(2,3)27-17(26)24-10-6-7-12(11-24)15(25)21-16-20-14(22-23-16)13-8-4-5-9-19-13/h4-5,8-9,12H,6-7,10-11H2,1-3H3,(H2,20,21,22,23,25)/t12-/m1/s1. The number of carbonyl (C=O) groups excluding carboxylic acids is 2. The first-order valence-corrected chi connectivity index (χ1v) is 8.94. The number of ether oxygens (including phenoxy) is 1. The second kappa shape index (κ2) is 7.73. The van der Waals surface area contributed by atoms with Crippen LogP contribution >= 0.6 is 0 Å². The fourth-order valence-electron chi connectivity index (χ4n) is 2.83. The highest BCUT2D eigenvalue weighted by Gasteiger charge is 2.31. The van der Waals surface area contributed by atoms with Crippen LogP contribution in [0.4, 0.5) is 10.7 Å². The van der Waals surface area contributed by atoms with Gasteiger partial charge in [-0.15, -0.1) is 5.10 Å². The summed E-state index contributed by atoms with van der Waals surface area (Å²) >= 11 is 0. The molecule has 1 saturated heterocycles. The zero-order valence-electron chi connectivity index (χ0n) is 15.7. The number of hydrogen-bond acceptors (Lipinski definition) is 6. The van der Waals surface area contributed by atoms with Crippen molar-refractivity contribution in [1.29, 1.82) is 0 Å². The Morgan fingerprint density at radius 1 is 1.33 bits per heavy atom. The Balaban J connectivity index is 1.59. The molecule has 1 aliphatic heterocycles. The first-order valence-electron chi connectivity index (χ1n) is 8.94. The quantitative estimate of drug-likeness (QED) is 0.856. The highest BCUT2D eigenvalue weighted by atomic mass is 16.6. The summed E-state index contributed by atoms with van der Waals surface area (Å²) in [6.07, 6.45) is 2.70. The van der Waals surface area contributed by atoms with Crippen LogP contribution in [0.3, 0.4) is 0 Å². The summed E-state index contributed by atoms with van der Waals surface area (Å²) in [5.74, 6) is 0.123. The molecule has 0 aliphatic carbocycles. The molecular weight excluding hydrogens is 348 g/mol. The minimum Gasteiger partial charge on any atom is -0.444 e. The summed E-state index contributed by atoms with van der Waals surface area (Å²) < 4.78 is 5.39. The van der Waals surface area contributed by atoms with E-state index in [2.05, 4.69) is 25.5 Å². The van der Waals surface area contributed by atoms with Gasteiger partial charge < -0.3 is 9.64 Å². The average molecular weight is 372 g/mol. The summed E-state index contributed by atoms with van der Waals surface area (Å²) in [6, 6.07) is 5.45. The Hall–Kier alpha value is -2.97. The third-order valence-corrected chi connectivity index (χ3v) is 4.07. The van der Waals surface area contributed by atoms with Crippen LogP contribution in [0.2, 0.25) is 0 Å². The van der Waals surface area contributed by atoms with Gasteiger partial charge in [-0.3, -0.25) is 20.2 Å². The number of aromatic amines is 1. The normalized spacial score (nSPS) is 17.4. The summed E-state index contributed by atoms with van der Waals surface area (Å²) in [4.78, 5) is 34.8. The average Bonchev–Trinajstić information content (AvgIpc) is 3.09. The molecule has 1 fully saturated rings. The van der Waals surface area contributed by atoms with Crippen molar-refractivity contribution in [2.45, 2.75) is 39.2 Å². The van der Waals surface area contributed by atoms with Crippen molar-refractivity contribution in [3.05, 3.63) is 24.4 Å². The third kappa shape index (κ3) is 5.02. The van der Waals surface area contributed by atoms with Crippen molar-refractivity contribution in [3.63, 3.8) is 0 Å². The van der Waals surface area contributed by atoms with Crippen LogP contribution in [0.15, 0.2) is 24.4 Å². The Morgan fingerprint density at radius 3 is 2.85 bits per heavy atom. The van der Waals surface area contributed by atoms with Crippen LogP contribution in [0.5, 0.6) is 0 Å². The summed E-state index contributed by atoms with van der Waals surface area (Å²) in [5.41, 5.74) is 0.0758. The molecule has 1 aliphatic rings. The lowest BCUT2D eigenvalue weighted by molar-refractivity contribution is -0.121. The maximum atomic E-state index is 12.6. The summed E-state index contributed by atoms with van der Waals surface area (Å²) in [7, 11) is 0. The van der Waals surface area contributed by atoms with E-state index in [0.717, 1.165) is 6.42 Å². The molecule has 0 radical (unpaired) electrons. The molecule has 2 amide bonds. The van der Waals surface area contributed by atoms with Crippen LogP contribution < -0.4 is 5.32 Å². The van der Waals surface area contributed by atoms with Gasteiger partial charge in [0.25, 0.3) is 0 Å². The number of pyridine rings is 1.